The Hall–Kier alpha value is -2.87. The number of rotatable bonds is 7. The van der Waals surface area contributed by atoms with Gasteiger partial charge in [0.05, 0.1) is 31.8 Å². The van der Waals surface area contributed by atoms with E-state index in [1.807, 2.05) is 19.1 Å². The molecule has 32 heavy (non-hydrogen) atoms. The molecule has 2 amide bonds. The van der Waals surface area contributed by atoms with Crippen LogP contribution in [0.2, 0.25) is 0 Å². The lowest BCUT2D eigenvalue weighted by atomic mass is 10.0. The first-order valence-corrected chi connectivity index (χ1v) is 11.5. The minimum atomic E-state index is -0.484. The van der Waals surface area contributed by atoms with Gasteiger partial charge in [0.1, 0.15) is 5.75 Å². The molecule has 0 saturated carbocycles. The number of carbonyl (C=O) groups is 2. The Morgan fingerprint density at radius 3 is 2.94 bits per heavy atom. The van der Waals surface area contributed by atoms with E-state index in [1.165, 1.54) is 24.1 Å². The summed E-state index contributed by atoms with van der Waals surface area (Å²) in [5.41, 5.74) is 5.55. The molecule has 172 valence electrons. The number of H-pyrrole nitrogens is 1. The number of ether oxygens (including phenoxy) is 1. The molecule has 1 unspecified atom stereocenters. The molecule has 4 rings (SSSR count). The third kappa shape index (κ3) is 5.12. The van der Waals surface area contributed by atoms with Crippen molar-refractivity contribution in [1.82, 2.24) is 25.7 Å². The summed E-state index contributed by atoms with van der Waals surface area (Å²) in [6, 6.07) is 5.55. The topological polar surface area (TPSA) is 99.3 Å². The molecular weight excluding hydrogens is 406 g/mol. The summed E-state index contributed by atoms with van der Waals surface area (Å²) in [6.07, 6.45) is 5.74. The molecule has 1 saturated heterocycles. The fourth-order valence-corrected chi connectivity index (χ4v) is 4.75. The van der Waals surface area contributed by atoms with E-state index < -0.39 is 6.04 Å². The number of carbonyl (C=O) groups excluding carboxylic acids is 2. The number of amides is 2. The molecule has 0 bridgehead atoms. The van der Waals surface area contributed by atoms with Gasteiger partial charge in [0.2, 0.25) is 11.8 Å². The van der Waals surface area contributed by atoms with Crippen LogP contribution in [-0.2, 0) is 35.5 Å². The van der Waals surface area contributed by atoms with Gasteiger partial charge >= 0.3 is 0 Å². The molecule has 1 aliphatic carbocycles. The largest absolute Gasteiger partial charge is 0.496 e. The second-order valence-electron chi connectivity index (χ2n) is 8.75. The second kappa shape index (κ2) is 10.2. The van der Waals surface area contributed by atoms with E-state index in [1.54, 1.807) is 7.11 Å². The predicted molar refractivity (Wildman–Crippen MR) is 121 cm³/mol. The number of nitrogens with one attached hydrogen (secondary N) is 3. The van der Waals surface area contributed by atoms with E-state index in [0.717, 1.165) is 41.8 Å². The highest BCUT2D eigenvalue weighted by Gasteiger charge is 2.31. The minimum Gasteiger partial charge on any atom is -0.496 e. The average Bonchev–Trinajstić information content (AvgIpc) is 3.00. The van der Waals surface area contributed by atoms with Crippen molar-refractivity contribution in [3.8, 4) is 5.75 Å². The molecule has 0 spiro atoms. The third-order valence-electron chi connectivity index (χ3n) is 6.51. The third-order valence-corrected chi connectivity index (χ3v) is 6.51. The van der Waals surface area contributed by atoms with Gasteiger partial charge in [-0.1, -0.05) is 18.6 Å². The predicted octanol–water partition coefficient (Wildman–Crippen LogP) is 2.00. The molecule has 1 fully saturated rings. The standard InChI is InChI=1S/C24H33N5O3/c1-16-12-17(8-9-22(16)32-2)15-29-11-10-25-24(31)21(29)13-23(30)26-14-20-18-6-4-3-5-7-19(18)27-28-20/h8-9,12,21H,3-7,10-11,13-15H2,1-2H3,(H,25,31)(H,26,30)(H,27,28). The van der Waals surface area contributed by atoms with Gasteiger partial charge in [0, 0.05) is 25.3 Å². The number of hydrogen-bond acceptors (Lipinski definition) is 5. The van der Waals surface area contributed by atoms with Crippen molar-refractivity contribution in [2.24, 2.45) is 0 Å². The van der Waals surface area contributed by atoms with Gasteiger partial charge < -0.3 is 15.4 Å². The number of nitrogens with zero attached hydrogens (tertiary/aromatic N) is 2. The van der Waals surface area contributed by atoms with Crippen LogP contribution in [0.4, 0.5) is 0 Å². The van der Waals surface area contributed by atoms with Crippen LogP contribution in [0.25, 0.3) is 0 Å². The second-order valence-corrected chi connectivity index (χ2v) is 8.75. The molecule has 2 aliphatic rings. The molecule has 1 aromatic heterocycles. The first-order chi connectivity index (χ1) is 15.5. The van der Waals surface area contributed by atoms with Gasteiger partial charge in [-0.25, -0.2) is 0 Å². The van der Waals surface area contributed by atoms with Crippen LogP contribution in [0, 0.1) is 6.92 Å². The van der Waals surface area contributed by atoms with Gasteiger partial charge in [0.25, 0.3) is 0 Å². The molecule has 8 nitrogen and oxygen atoms in total. The summed E-state index contributed by atoms with van der Waals surface area (Å²) in [5, 5.41) is 13.5. The molecule has 1 aliphatic heterocycles. The fourth-order valence-electron chi connectivity index (χ4n) is 4.75. The van der Waals surface area contributed by atoms with Crippen molar-refractivity contribution < 1.29 is 14.3 Å². The number of fused-ring (bicyclic) bond motifs is 1. The normalized spacial score (nSPS) is 19.1. The SMILES string of the molecule is COc1ccc(CN2CCNC(=O)C2CC(=O)NCc2n[nH]c3c2CCCCC3)cc1C. The van der Waals surface area contributed by atoms with Crippen molar-refractivity contribution in [2.45, 2.75) is 64.6 Å². The summed E-state index contributed by atoms with van der Waals surface area (Å²) in [7, 11) is 1.66. The van der Waals surface area contributed by atoms with Crippen LogP contribution < -0.4 is 15.4 Å². The van der Waals surface area contributed by atoms with Gasteiger partial charge in [-0.05, 0) is 55.4 Å². The lowest BCUT2D eigenvalue weighted by Gasteiger charge is -2.34. The summed E-state index contributed by atoms with van der Waals surface area (Å²) < 4.78 is 5.34. The van der Waals surface area contributed by atoms with Gasteiger partial charge in [-0.15, -0.1) is 0 Å². The van der Waals surface area contributed by atoms with Gasteiger partial charge in [0.15, 0.2) is 0 Å². The molecule has 8 heteroatoms. The van der Waals surface area contributed by atoms with Crippen LogP contribution in [0.15, 0.2) is 18.2 Å². The van der Waals surface area contributed by atoms with E-state index in [9.17, 15) is 9.59 Å². The molecule has 1 aromatic carbocycles. The smallest absolute Gasteiger partial charge is 0.237 e. The van der Waals surface area contributed by atoms with E-state index >= 15 is 0 Å². The molecular formula is C24H33N5O3. The number of aromatic amines is 1. The lowest BCUT2D eigenvalue weighted by Crippen LogP contribution is -2.56. The lowest BCUT2D eigenvalue weighted by molar-refractivity contribution is -0.134. The molecule has 1 atom stereocenters. The Labute approximate surface area is 189 Å². The fraction of sp³-hybridized carbons (Fsp3) is 0.542. The monoisotopic (exact) mass is 439 g/mol. The number of benzene rings is 1. The van der Waals surface area contributed by atoms with Crippen molar-refractivity contribution in [1.29, 1.82) is 0 Å². The number of aromatic nitrogens is 2. The van der Waals surface area contributed by atoms with Crippen molar-refractivity contribution in [3.63, 3.8) is 0 Å². The highest BCUT2D eigenvalue weighted by molar-refractivity contribution is 5.88. The summed E-state index contributed by atoms with van der Waals surface area (Å²) >= 11 is 0. The van der Waals surface area contributed by atoms with Crippen LogP contribution in [-0.4, -0.2) is 53.2 Å². The maximum atomic E-state index is 12.8. The number of methoxy groups -OCH3 is 1. The molecule has 3 N–H and O–H groups in total. The number of piperazine rings is 1. The quantitative estimate of drug-likeness (QED) is 0.573. The maximum Gasteiger partial charge on any atom is 0.237 e. The maximum absolute atomic E-state index is 12.8. The zero-order valence-corrected chi connectivity index (χ0v) is 19.0. The Morgan fingerprint density at radius 2 is 2.12 bits per heavy atom. The average molecular weight is 440 g/mol. The summed E-state index contributed by atoms with van der Waals surface area (Å²) in [5.74, 6) is 0.621. The van der Waals surface area contributed by atoms with Gasteiger partial charge in [-0.2, -0.15) is 5.10 Å². The van der Waals surface area contributed by atoms with Crippen molar-refractivity contribution in [3.05, 3.63) is 46.3 Å². The van der Waals surface area contributed by atoms with Crippen molar-refractivity contribution in [2.75, 3.05) is 20.2 Å². The van der Waals surface area contributed by atoms with E-state index in [4.69, 9.17) is 4.74 Å². The Kier molecular flexibility index (Phi) is 7.09. The van der Waals surface area contributed by atoms with E-state index in [-0.39, 0.29) is 18.2 Å². The Balaban J connectivity index is 1.37. The summed E-state index contributed by atoms with van der Waals surface area (Å²) in [4.78, 5) is 27.4. The highest BCUT2D eigenvalue weighted by Crippen LogP contribution is 2.23. The highest BCUT2D eigenvalue weighted by atomic mass is 16.5. The molecule has 0 radical (unpaired) electrons. The molecule has 2 aromatic rings. The first-order valence-electron chi connectivity index (χ1n) is 11.5. The summed E-state index contributed by atoms with van der Waals surface area (Å²) in [6.45, 7) is 4.32. The Bertz CT molecular complexity index is 971. The van der Waals surface area contributed by atoms with E-state index in [2.05, 4.69) is 31.8 Å². The zero-order chi connectivity index (χ0) is 22.5. The van der Waals surface area contributed by atoms with Crippen LogP contribution in [0.5, 0.6) is 5.75 Å². The van der Waals surface area contributed by atoms with Gasteiger partial charge in [-0.3, -0.25) is 19.6 Å². The molecule has 2 heterocycles. The zero-order valence-electron chi connectivity index (χ0n) is 19.0. The van der Waals surface area contributed by atoms with Crippen LogP contribution in [0.1, 0.15) is 53.8 Å². The van der Waals surface area contributed by atoms with Crippen LogP contribution in [0.3, 0.4) is 0 Å². The Morgan fingerprint density at radius 1 is 1.28 bits per heavy atom. The minimum absolute atomic E-state index is 0.0923. The first kappa shape index (κ1) is 22.3. The number of hydrogen-bond donors (Lipinski definition) is 3. The van der Waals surface area contributed by atoms with E-state index in [0.29, 0.717) is 26.2 Å². The van der Waals surface area contributed by atoms with Crippen molar-refractivity contribution >= 4 is 11.8 Å². The van der Waals surface area contributed by atoms with Crippen LogP contribution >= 0.6 is 0 Å². The number of aryl methyl sites for hydroxylation is 2.